The lowest BCUT2D eigenvalue weighted by molar-refractivity contribution is -0.921. The van der Waals surface area contributed by atoms with Crippen molar-refractivity contribution in [2.45, 2.75) is 6.54 Å². The van der Waals surface area contributed by atoms with E-state index < -0.39 is 5.09 Å². The monoisotopic (exact) mass is 341 g/mol. The molecule has 25 heavy (non-hydrogen) atoms. The van der Waals surface area contributed by atoms with Crippen LogP contribution in [0.1, 0.15) is 11.1 Å². The van der Waals surface area contributed by atoms with E-state index in [0.29, 0.717) is 0 Å². The molecule has 1 aliphatic heterocycles. The van der Waals surface area contributed by atoms with Gasteiger partial charge in [-0.05, 0) is 17.2 Å². The maximum absolute atomic E-state index is 9.19. The molecule has 1 heterocycles. The molecular formula is C18H19N3O4. The predicted octanol–water partition coefficient (Wildman–Crippen LogP) is 1.40. The summed E-state index contributed by atoms with van der Waals surface area (Å²) in [6, 6.07) is 18.6. The van der Waals surface area contributed by atoms with Crippen molar-refractivity contribution in [2.75, 3.05) is 26.3 Å². The van der Waals surface area contributed by atoms with Gasteiger partial charge in [-0.1, -0.05) is 42.5 Å². The molecule has 0 amide bonds. The van der Waals surface area contributed by atoms with Crippen molar-refractivity contribution < 1.29 is 14.7 Å². The van der Waals surface area contributed by atoms with Crippen molar-refractivity contribution in [2.24, 2.45) is 0 Å². The van der Waals surface area contributed by atoms with Gasteiger partial charge in [0.1, 0.15) is 19.6 Å². The summed E-state index contributed by atoms with van der Waals surface area (Å²) in [6.07, 6.45) is 0. The van der Waals surface area contributed by atoms with Crippen LogP contribution in [-0.4, -0.2) is 31.4 Å². The minimum absolute atomic E-state index is 0.726. The van der Waals surface area contributed by atoms with E-state index in [0.717, 1.165) is 49.5 Å². The normalized spacial score (nSPS) is 14.0. The number of nitrogens with zero attached hydrogens (tertiary/aromatic N) is 2. The lowest BCUT2D eigenvalue weighted by Gasteiger charge is -2.23. The Kier molecular flexibility index (Phi) is 6.89. The largest absolute Gasteiger partial charge is 0.370 e. The van der Waals surface area contributed by atoms with E-state index in [9.17, 15) is 5.26 Å². The maximum Gasteiger partial charge on any atom is 0.103 e. The van der Waals surface area contributed by atoms with Crippen LogP contribution in [0, 0.1) is 26.7 Å². The molecule has 7 heteroatoms. The Morgan fingerprint density at radius 3 is 2.28 bits per heavy atom. The van der Waals surface area contributed by atoms with Gasteiger partial charge in [0, 0.05) is 5.56 Å². The second-order valence-corrected chi connectivity index (χ2v) is 5.62. The molecule has 0 aromatic heterocycles. The second kappa shape index (κ2) is 9.37. The number of hydrogen-bond donors (Lipinski definition) is 1. The summed E-state index contributed by atoms with van der Waals surface area (Å²) >= 11 is 0. The lowest BCUT2D eigenvalue weighted by Crippen LogP contribution is -3.12. The Labute approximate surface area is 145 Å². The summed E-state index contributed by atoms with van der Waals surface area (Å²) in [6.45, 7) is 4.94. The van der Waals surface area contributed by atoms with E-state index in [4.69, 9.17) is 20.1 Å². The van der Waals surface area contributed by atoms with Gasteiger partial charge in [-0.2, -0.15) is 5.26 Å². The van der Waals surface area contributed by atoms with Gasteiger partial charge in [0.15, 0.2) is 0 Å². The quantitative estimate of drug-likeness (QED) is 0.671. The topological polar surface area (TPSA) is 104 Å². The first-order valence-electron chi connectivity index (χ1n) is 7.91. The Morgan fingerprint density at radius 2 is 1.68 bits per heavy atom. The van der Waals surface area contributed by atoms with Crippen molar-refractivity contribution in [3.63, 3.8) is 0 Å². The van der Waals surface area contributed by atoms with Crippen LogP contribution in [-0.2, 0) is 11.3 Å². The third kappa shape index (κ3) is 5.88. The predicted molar refractivity (Wildman–Crippen MR) is 92.2 cm³/mol. The van der Waals surface area contributed by atoms with Gasteiger partial charge in [0.25, 0.3) is 0 Å². The first kappa shape index (κ1) is 18.4. The molecule has 3 rings (SSSR count). The van der Waals surface area contributed by atoms with Crippen LogP contribution in [0.15, 0.2) is 48.5 Å². The Bertz CT molecular complexity index is 731. The van der Waals surface area contributed by atoms with Gasteiger partial charge < -0.3 is 25.0 Å². The fraction of sp³-hybridized carbons (Fsp3) is 0.278. The molecule has 7 nitrogen and oxygen atoms in total. The van der Waals surface area contributed by atoms with E-state index in [1.54, 1.807) is 4.90 Å². The third-order valence-electron chi connectivity index (χ3n) is 3.97. The highest BCUT2D eigenvalue weighted by Gasteiger charge is 2.14. The van der Waals surface area contributed by atoms with Gasteiger partial charge in [-0.25, -0.2) is 0 Å². The summed E-state index contributed by atoms with van der Waals surface area (Å²) in [5.41, 5.74) is 4.17. The Hall–Kier alpha value is -2.95. The highest BCUT2D eigenvalue weighted by atomic mass is 16.9. The molecule has 130 valence electrons. The second-order valence-electron chi connectivity index (χ2n) is 5.62. The van der Waals surface area contributed by atoms with Gasteiger partial charge in [-0.3, -0.25) is 0 Å². The molecule has 1 fully saturated rings. The van der Waals surface area contributed by atoms with Crippen molar-refractivity contribution in [3.8, 4) is 17.2 Å². The molecular weight excluding hydrogens is 322 g/mol. The Morgan fingerprint density at radius 1 is 1.08 bits per heavy atom. The van der Waals surface area contributed by atoms with E-state index >= 15 is 0 Å². The van der Waals surface area contributed by atoms with Crippen LogP contribution in [0.5, 0.6) is 0 Å². The number of hydrogen-bond acceptors (Lipinski definition) is 5. The van der Waals surface area contributed by atoms with E-state index in [-0.39, 0.29) is 0 Å². The van der Waals surface area contributed by atoms with Crippen LogP contribution in [0.2, 0.25) is 0 Å². The molecule has 0 spiro atoms. The summed E-state index contributed by atoms with van der Waals surface area (Å²) in [4.78, 5) is 9.83. The van der Waals surface area contributed by atoms with Crippen LogP contribution in [0.3, 0.4) is 0 Å². The molecule has 2 aromatic rings. The zero-order valence-electron chi connectivity index (χ0n) is 13.7. The highest BCUT2D eigenvalue weighted by molar-refractivity contribution is 5.70. The van der Waals surface area contributed by atoms with Crippen molar-refractivity contribution in [3.05, 3.63) is 75.0 Å². The third-order valence-corrected chi connectivity index (χ3v) is 3.97. The van der Waals surface area contributed by atoms with Gasteiger partial charge >= 0.3 is 0 Å². The minimum Gasteiger partial charge on any atom is -0.370 e. The van der Waals surface area contributed by atoms with E-state index in [1.165, 1.54) is 5.56 Å². The van der Waals surface area contributed by atoms with Crippen molar-refractivity contribution in [1.29, 1.82) is 5.26 Å². The number of ether oxygens (including phenoxy) is 1. The molecule has 1 saturated heterocycles. The molecule has 0 bridgehead atoms. The van der Waals surface area contributed by atoms with Gasteiger partial charge in [0.2, 0.25) is 0 Å². The Balaban J connectivity index is 0.000000511. The summed E-state index contributed by atoms with van der Waals surface area (Å²) < 4.78 is 5.39. The average Bonchev–Trinajstić information content (AvgIpc) is 2.63. The number of nitrogens with one attached hydrogen (secondary N) is 1. The molecule has 0 aliphatic carbocycles. The summed E-state index contributed by atoms with van der Waals surface area (Å²) in [7, 11) is 0. The van der Waals surface area contributed by atoms with Crippen LogP contribution < -0.4 is 4.90 Å². The average molecular weight is 341 g/mol. The zero-order valence-corrected chi connectivity index (χ0v) is 13.7. The van der Waals surface area contributed by atoms with Gasteiger partial charge in [0.05, 0.1) is 29.9 Å². The highest BCUT2D eigenvalue weighted by Crippen LogP contribution is 2.23. The molecule has 0 unspecified atom stereocenters. The number of nitriles is 1. The molecule has 1 N–H and O–H groups in total. The van der Waals surface area contributed by atoms with E-state index in [1.807, 2.05) is 24.3 Å². The number of rotatable bonds is 3. The maximum atomic E-state index is 9.19. The SMILES string of the molecule is N#Cc1ccccc1-c1ccc(C[NH+]2CCOCC2)cc1.O=[N+]([O-])[O-]. The fourth-order valence-corrected chi connectivity index (χ4v) is 2.76. The van der Waals surface area contributed by atoms with Crippen LogP contribution >= 0.6 is 0 Å². The van der Waals surface area contributed by atoms with Crippen molar-refractivity contribution in [1.82, 2.24) is 0 Å². The number of quaternary nitrogens is 1. The summed E-state index contributed by atoms with van der Waals surface area (Å²) in [5.74, 6) is 0. The van der Waals surface area contributed by atoms with Crippen molar-refractivity contribution >= 4 is 0 Å². The molecule has 0 saturated carbocycles. The first-order chi connectivity index (χ1) is 12.1. The molecule has 1 aliphatic rings. The minimum atomic E-state index is -1.75. The molecule has 0 atom stereocenters. The van der Waals surface area contributed by atoms with E-state index in [2.05, 4.69) is 30.3 Å². The standard InChI is InChI=1S/C18H18N2O.NO3/c19-13-17-3-1-2-4-18(17)16-7-5-15(6-8-16)14-20-9-11-21-12-10-20;2-1(3)4/h1-8H,9-12,14H2;/q;-1/p+1. The van der Waals surface area contributed by atoms with Gasteiger partial charge in [-0.15, -0.1) is 0 Å². The number of benzene rings is 2. The fourth-order valence-electron chi connectivity index (χ4n) is 2.76. The first-order valence-corrected chi connectivity index (χ1v) is 7.91. The van der Waals surface area contributed by atoms with Crippen LogP contribution in [0.4, 0.5) is 0 Å². The number of morpholine rings is 1. The summed E-state index contributed by atoms with van der Waals surface area (Å²) in [5, 5.41) is 23.9. The lowest BCUT2D eigenvalue weighted by atomic mass is 9.99. The molecule has 2 aromatic carbocycles. The smallest absolute Gasteiger partial charge is 0.103 e. The van der Waals surface area contributed by atoms with Crippen LogP contribution in [0.25, 0.3) is 11.1 Å². The molecule has 0 radical (unpaired) electrons. The zero-order chi connectivity index (χ0) is 18.1.